The molecule has 2 N–H and O–H groups in total. The minimum atomic E-state index is 0.225. The Morgan fingerprint density at radius 1 is 1.34 bits per heavy atom. The Morgan fingerprint density at radius 3 is 2.69 bits per heavy atom. The Labute approximate surface area is 187 Å². The number of anilines is 3. The Morgan fingerprint density at radius 2 is 2.09 bits per heavy atom. The van der Waals surface area contributed by atoms with E-state index < -0.39 is 0 Å². The predicted molar refractivity (Wildman–Crippen MR) is 125 cm³/mol. The fourth-order valence-electron chi connectivity index (χ4n) is 3.41. The number of carbonyl (C=O) groups excluding carboxylic acids is 1. The summed E-state index contributed by atoms with van der Waals surface area (Å²) in [5.41, 5.74) is 2.26. The molecule has 1 fully saturated rings. The maximum Gasteiger partial charge on any atom is 0.256 e. The highest BCUT2D eigenvalue weighted by Gasteiger charge is 2.25. The molecule has 0 amide bonds. The molecule has 1 saturated heterocycles. The van der Waals surface area contributed by atoms with Gasteiger partial charge in [-0.2, -0.15) is 9.97 Å². The lowest BCUT2D eigenvalue weighted by Crippen LogP contribution is -2.30. The van der Waals surface area contributed by atoms with Crippen molar-refractivity contribution in [2.45, 2.75) is 32.4 Å². The lowest BCUT2D eigenvalue weighted by molar-refractivity contribution is -0.104. The van der Waals surface area contributed by atoms with Crippen LogP contribution in [0.2, 0.25) is 0 Å². The summed E-state index contributed by atoms with van der Waals surface area (Å²) in [6.45, 7) is 9.06. The zero-order chi connectivity index (χ0) is 23.3. The highest BCUT2D eigenvalue weighted by atomic mass is 16.5. The average Bonchev–Trinajstić information content (AvgIpc) is 3.52. The second kappa shape index (κ2) is 10.2. The smallest absolute Gasteiger partial charge is 0.256 e. The number of hydrogen-bond donors (Lipinski definition) is 2. The maximum atomic E-state index is 9.06. The maximum absolute atomic E-state index is 9.06. The van der Waals surface area contributed by atoms with Gasteiger partial charge in [0.1, 0.15) is 12.0 Å². The molecule has 0 radical (unpaired) electrons. The van der Waals surface area contributed by atoms with Gasteiger partial charge in [-0.05, 0) is 33.4 Å². The predicted octanol–water partition coefficient (Wildman–Crippen LogP) is 2.06. The van der Waals surface area contributed by atoms with E-state index in [-0.39, 0.29) is 6.04 Å². The van der Waals surface area contributed by atoms with E-state index in [0.717, 1.165) is 36.4 Å². The van der Waals surface area contributed by atoms with Crippen molar-refractivity contribution in [3.63, 3.8) is 0 Å². The first-order valence-corrected chi connectivity index (χ1v) is 10.5. The van der Waals surface area contributed by atoms with Gasteiger partial charge in [0.2, 0.25) is 5.95 Å². The van der Waals surface area contributed by atoms with Gasteiger partial charge >= 0.3 is 0 Å². The van der Waals surface area contributed by atoms with Crippen molar-refractivity contribution in [1.82, 2.24) is 34.6 Å². The summed E-state index contributed by atoms with van der Waals surface area (Å²) in [7, 11) is 5.54. The van der Waals surface area contributed by atoms with Crippen LogP contribution in [0, 0.1) is 0 Å². The third-order valence-electron chi connectivity index (χ3n) is 5.20. The lowest BCUT2D eigenvalue weighted by Gasteiger charge is -2.17. The fourth-order valence-corrected chi connectivity index (χ4v) is 3.41. The van der Waals surface area contributed by atoms with Crippen LogP contribution in [0.25, 0.3) is 11.2 Å². The van der Waals surface area contributed by atoms with Crippen molar-refractivity contribution in [3.05, 3.63) is 25.2 Å². The number of fused-ring (bicyclic) bond motifs is 1. The monoisotopic (exact) mass is 441 g/mol. The van der Waals surface area contributed by atoms with Crippen molar-refractivity contribution >= 4 is 34.9 Å². The van der Waals surface area contributed by atoms with Gasteiger partial charge in [-0.3, -0.25) is 9.48 Å². The number of aryl methyl sites for hydroxylation is 1. The van der Waals surface area contributed by atoms with Gasteiger partial charge in [-0.1, -0.05) is 6.58 Å². The highest BCUT2D eigenvalue weighted by molar-refractivity contribution is 5.87. The van der Waals surface area contributed by atoms with Crippen LogP contribution in [0.15, 0.2) is 25.2 Å². The number of nitrogens with zero attached hydrogens (tertiary/aromatic N) is 7. The normalized spacial score (nSPS) is 15.6. The van der Waals surface area contributed by atoms with E-state index in [2.05, 4.69) is 46.0 Å². The van der Waals surface area contributed by atoms with Crippen LogP contribution in [0.1, 0.15) is 26.3 Å². The number of allylic oxidation sites excluding steroid dienone is 1. The molecule has 0 spiro atoms. The van der Waals surface area contributed by atoms with Gasteiger partial charge in [0, 0.05) is 32.2 Å². The third kappa shape index (κ3) is 4.88. The SMILES string of the molecule is C=CC=O.CNC1CCN(c2nc(Nc3cn(C(C)C)nc3OC)c3ncn(C)c3n2)C1. The molecule has 3 aromatic rings. The Hall–Kier alpha value is -3.47. The van der Waals surface area contributed by atoms with Crippen LogP contribution in [0.4, 0.5) is 17.5 Å². The number of aldehydes is 1. The number of methoxy groups -OCH3 is 1. The van der Waals surface area contributed by atoms with Crippen LogP contribution >= 0.6 is 0 Å². The molecule has 1 atom stereocenters. The Kier molecular flexibility index (Phi) is 7.41. The molecule has 0 bridgehead atoms. The number of hydrogen-bond acceptors (Lipinski definition) is 9. The van der Waals surface area contributed by atoms with E-state index in [4.69, 9.17) is 19.5 Å². The number of rotatable bonds is 7. The number of likely N-dealkylation sites (N-methyl/N-ethyl adjacent to an activating group) is 1. The molecular weight excluding hydrogens is 410 g/mol. The average molecular weight is 442 g/mol. The standard InChI is InChI=1S/C18H27N9O.C3H4O/c1-11(2)27-9-13(17(24-27)28-5)21-15-14-16(25(4)10-20-14)23-18(22-15)26-7-6-12(8-26)19-3;1-2-3-4/h9-12,19H,6-8H2,1-5H3,(H,21,22,23);2-3H,1H2. The fraction of sp³-hybridized carbons (Fsp3) is 0.476. The molecule has 0 aromatic carbocycles. The van der Waals surface area contributed by atoms with Gasteiger partial charge in [0.15, 0.2) is 17.0 Å². The molecule has 3 aromatic heterocycles. The molecule has 32 heavy (non-hydrogen) atoms. The number of carbonyl (C=O) groups is 1. The zero-order valence-electron chi connectivity index (χ0n) is 19.2. The molecule has 1 unspecified atom stereocenters. The molecule has 4 rings (SSSR count). The third-order valence-corrected chi connectivity index (χ3v) is 5.20. The van der Waals surface area contributed by atoms with Crippen molar-refractivity contribution in [3.8, 4) is 5.88 Å². The van der Waals surface area contributed by atoms with Crippen LogP contribution in [0.3, 0.4) is 0 Å². The largest absolute Gasteiger partial charge is 0.478 e. The first-order valence-electron chi connectivity index (χ1n) is 10.5. The Bertz CT molecular complexity index is 1070. The van der Waals surface area contributed by atoms with Crippen molar-refractivity contribution in [1.29, 1.82) is 0 Å². The summed E-state index contributed by atoms with van der Waals surface area (Å²) in [6.07, 6.45) is 6.58. The molecule has 1 aliphatic heterocycles. The summed E-state index contributed by atoms with van der Waals surface area (Å²) in [5.74, 6) is 1.87. The number of ether oxygens (including phenoxy) is 1. The van der Waals surface area contributed by atoms with Gasteiger partial charge in [0.25, 0.3) is 5.88 Å². The minimum absolute atomic E-state index is 0.225. The quantitative estimate of drug-likeness (QED) is 0.420. The summed E-state index contributed by atoms with van der Waals surface area (Å²) >= 11 is 0. The summed E-state index contributed by atoms with van der Waals surface area (Å²) in [4.78, 5) is 25.3. The first kappa shape index (κ1) is 23.2. The highest BCUT2D eigenvalue weighted by Crippen LogP contribution is 2.31. The van der Waals surface area contributed by atoms with E-state index in [9.17, 15) is 0 Å². The zero-order valence-corrected chi connectivity index (χ0v) is 19.2. The molecule has 4 heterocycles. The molecule has 11 heteroatoms. The summed E-state index contributed by atoms with van der Waals surface area (Å²) in [5, 5.41) is 11.2. The number of aromatic nitrogens is 6. The molecule has 172 valence electrons. The molecular formula is C21H31N9O2. The lowest BCUT2D eigenvalue weighted by atomic mass is 10.3. The van der Waals surface area contributed by atoms with Gasteiger partial charge in [-0.25, -0.2) is 4.98 Å². The van der Waals surface area contributed by atoms with E-state index in [0.29, 0.717) is 30.0 Å². The number of imidazole rings is 1. The van der Waals surface area contributed by atoms with Crippen LogP contribution < -0.4 is 20.3 Å². The van der Waals surface area contributed by atoms with Crippen molar-refractivity contribution in [2.24, 2.45) is 7.05 Å². The van der Waals surface area contributed by atoms with E-state index in [1.807, 2.05) is 29.5 Å². The van der Waals surface area contributed by atoms with Gasteiger partial charge in [-0.15, -0.1) is 5.10 Å². The minimum Gasteiger partial charge on any atom is -0.478 e. The Balaban J connectivity index is 0.000000668. The van der Waals surface area contributed by atoms with E-state index in [1.54, 1.807) is 13.4 Å². The van der Waals surface area contributed by atoms with Crippen molar-refractivity contribution in [2.75, 3.05) is 37.5 Å². The van der Waals surface area contributed by atoms with Gasteiger partial charge < -0.3 is 24.8 Å². The van der Waals surface area contributed by atoms with E-state index in [1.165, 1.54) is 6.08 Å². The molecule has 0 aliphatic carbocycles. The van der Waals surface area contributed by atoms with Crippen LogP contribution in [-0.2, 0) is 11.8 Å². The summed E-state index contributed by atoms with van der Waals surface area (Å²) in [6, 6.07) is 0.676. The van der Waals surface area contributed by atoms with Crippen LogP contribution in [0.5, 0.6) is 5.88 Å². The number of nitrogens with one attached hydrogen (secondary N) is 2. The second-order valence-electron chi connectivity index (χ2n) is 7.74. The van der Waals surface area contributed by atoms with Crippen molar-refractivity contribution < 1.29 is 9.53 Å². The molecule has 0 saturated carbocycles. The second-order valence-corrected chi connectivity index (χ2v) is 7.74. The first-order chi connectivity index (χ1) is 15.4. The topological polar surface area (TPSA) is 115 Å². The van der Waals surface area contributed by atoms with Gasteiger partial charge in [0.05, 0.1) is 19.6 Å². The van der Waals surface area contributed by atoms with Crippen LogP contribution in [-0.4, -0.2) is 68.9 Å². The van der Waals surface area contributed by atoms with E-state index >= 15 is 0 Å². The molecule has 1 aliphatic rings. The summed E-state index contributed by atoms with van der Waals surface area (Å²) < 4.78 is 9.21. The molecule has 11 nitrogen and oxygen atoms in total.